The number of nitrogens with zero attached hydrogens (tertiary/aromatic N) is 1. The van der Waals surface area contributed by atoms with Gasteiger partial charge in [0.05, 0.1) is 13.1 Å². The average Bonchev–Trinajstić information content (AvgIpc) is 2.61. The Kier molecular flexibility index (Phi) is 5.30. The van der Waals surface area contributed by atoms with Gasteiger partial charge in [0.15, 0.2) is 0 Å². The Labute approximate surface area is 166 Å². The van der Waals surface area contributed by atoms with Crippen LogP contribution in [0.25, 0.3) is 0 Å². The van der Waals surface area contributed by atoms with Crippen molar-refractivity contribution < 1.29 is 14.7 Å². The Balaban J connectivity index is 1.37. The van der Waals surface area contributed by atoms with Crippen LogP contribution in [0.15, 0.2) is 35.1 Å². The second-order valence-electron chi connectivity index (χ2n) is 8.75. The minimum Gasteiger partial charge on any atom is -0.490 e. The fourth-order valence-corrected chi connectivity index (χ4v) is 5.25. The third-order valence-corrected chi connectivity index (χ3v) is 6.22. The van der Waals surface area contributed by atoms with Crippen molar-refractivity contribution in [3.8, 4) is 5.75 Å². The van der Waals surface area contributed by atoms with Crippen molar-refractivity contribution in [2.24, 2.45) is 5.92 Å². The molecule has 4 atom stereocenters. The number of likely N-dealkylation sites (tertiary alicyclic amines) is 1. The molecule has 5 heteroatoms. The number of piperidine rings is 1. The number of nitrogens with one attached hydrogen (secondary N) is 1. The van der Waals surface area contributed by atoms with Gasteiger partial charge >= 0.3 is 0 Å². The van der Waals surface area contributed by atoms with E-state index in [2.05, 4.69) is 39.0 Å². The summed E-state index contributed by atoms with van der Waals surface area (Å²) in [6.45, 7) is 9.99. The predicted molar refractivity (Wildman–Crippen MR) is 109 cm³/mol. The number of hydrogen-bond acceptors (Lipinski definition) is 3. The summed E-state index contributed by atoms with van der Waals surface area (Å²) in [6, 6.07) is 9.85. The maximum Gasteiger partial charge on any atom is 0.250 e. The van der Waals surface area contributed by atoms with E-state index in [-0.39, 0.29) is 5.56 Å². The molecular formula is C23H31N2O3+. The van der Waals surface area contributed by atoms with Crippen LogP contribution in [0.3, 0.4) is 0 Å². The Hall–Kier alpha value is -2.11. The Morgan fingerprint density at radius 1 is 1.21 bits per heavy atom. The van der Waals surface area contributed by atoms with Crippen molar-refractivity contribution in [1.29, 1.82) is 0 Å². The highest BCUT2D eigenvalue weighted by atomic mass is 16.5. The number of hydrogen-bond donors (Lipinski definition) is 2. The molecule has 5 nitrogen and oxygen atoms in total. The summed E-state index contributed by atoms with van der Waals surface area (Å²) in [6.07, 6.45) is 0.660. The van der Waals surface area contributed by atoms with Gasteiger partial charge in [0.1, 0.15) is 25.0 Å². The SMILES string of the molecule is Cc1cc(C)c(OC[C@@H](O)C[NH+]2C[C@@H]3C[C@H](C2)c2cccc(=O)n2C3)c(C)c1. The molecule has 1 aromatic heterocycles. The molecule has 2 N–H and O–H groups in total. The molecule has 0 radical (unpaired) electrons. The zero-order chi connectivity index (χ0) is 19.8. The number of ether oxygens (including phenoxy) is 1. The van der Waals surface area contributed by atoms with E-state index in [0.717, 1.165) is 48.6 Å². The van der Waals surface area contributed by atoms with Gasteiger partial charge in [0.2, 0.25) is 0 Å². The largest absolute Gasteiger partial charge is 0.490 e. The number of aromatic nitrogens is 1. The van der Waals surface area contributed by atoms with Crippen molar-refractivity contribution in [2.75, 3.05) is 26.2 Å². The lowest BCUT2D eigenvalue weighted by molar-refractivity contribution is -0.914. The number of pyridine rings is 1. The van der Waals surface area contributed by atoms with Crippen LogP contribution in [0.4, 0.5) is 0 Å². The van der Waals surface area contributed by atoms with Gasteiger partial charge in [-0.25, -0.2) is 0 Å². The summed E-state index contributed by atoms with van der Waals surface area (Å²) in [4.78, 5) is 13.6. The number of aliphatic hydroxyl groups is 1. The van der Waals surface area contributed by atoms with Gasteiger partial charge in [-0.05, 0) is 44.4 Å². The van der Waals surface area contributed by atoms with Crippen LogP contribution in [0.5, 0.6) is 5.75 Å². The minimum atomic E-state index is -0.494. The lowest BCUT2D eigenvalue weighted by atomic mass is 9.83. The van der Waals surface area contributed by atoms with Crippen LogP contribution < -0.4 is 15.2 Å². The van der Waals surface area contributed by atoms with Gasteiger partial charge in [-0.1, -0.05) is 23.8 Å². The molecule has 0 aliphatic carbocycles. The number of rotatable bonds is 5. The molecule has 0 saturated carbocycles. The molecular weight excluding hydrogens is 352 g/mol. The lowest BCUT2D eigenvalue weighted by Crippen LogP contribution is -3.15. The summed E-state index contributed by atoms with van der Waals surface area (Å²) < 4.78 is 7.94. The van der Waals surface area contributed by atoms with Crippen molar-refractivity contribution in [3.05, 3.63) is 63.1 Å². The van der Waals surface area contributed by atoms with E-state index in [4.69, 9.17) is 4.74 Å². The Morgan fingerprint density at radius 3 is 2.71 bits per heavy atom. The van der Waals surface area contributed by atoms with Gasteiger partial charge in [-0.3, -0.25) is 4.79 Å². The van der Waals surface area contributed by atoms with Crippen molar-refractivity contribution in [2.45, 2.75) is 45.8 Å². The zero-order valence-electron chi connectivity index (χ0n) is 17.1. The molecule has 2 aliphatic heterocycles. The first-order chi connectivity index (χ1) is 13.4. The van der Waals surface area contributed by atoms with Crippen molar-refractivity contribution in [1.82, 2.24) is 4.57 Å². The summed E-state index contributed by atoms with van der Waals surface area (Å²) in [5.74, 6) is 1.81. The van der Waals surface area contributed by atoms with E-state index in [9.17, 15) is 9.90 Å². The van der Waals surface area contributed by atoms with Crippen LogP contribution in [-0.4, -0.2) is 42.0 Å². The van der Waals surface area contributed by atoms with Crippen LogP contribution in [0.2, 0.25) is 0 Å². The molecule has 2 aliphatic rings. The fourth-order valence-electron chi connectivity index (χ4n) is 5.25. The molecule has 2 bridgehead atoms. The smallest absolute Gasteiger partial charge is 0.250 e. The van der Waals surface area contributed by atoms with E-state index in [1.165, 1.54) is 10.5 Å². The maximum atomic E-state index is 12.1. The van der Waals surface area contributed by atoms with Gasteiger partial charge in [0, 0.05) is 30.1 Å². The second kappa shape index (κ2) is 7.72. The maximum absolute atomic E-state index is 12.1. The van der Waals surface area contributed by atoms with Crippen molar-refractivity contribution in [3.63, 3.8) is 0 Å². The number of aliphatic hydroxyl groups excluding tert-OH is 1. The summed E-state index contributed by atoms with van der Waals surface area (Å²) in [5.41, 5.74) is 4.75. The molecule has 1 unspecified atom stereocenters. The average molecular weight is 384 g/mol. The van der Waals surface area contributed by atoms with Crippen LogP contribution in [-0.2, 0) is 6.54 Å². The Morgan fingerprint density at radius 2 is 1.96 bits per heavy atom. The van der Waals surface area contributed by atoms with Gasteiger partial charge in [-0.2, -0.15) is 0 Å². The molecule has 28 heavy (non-hydrogen) atoms. The molecule has 1 saturated heterocycles. The van der Waals surface area contributed by atoms with Crippen LogP contribution >= 0.6 is 0 Å². The standard InChI is InChI=1S/C23H30N2O3/c1-15-7-16(2)23(17(3)8-15)28-14-20(26)13-24-10-18-9-19(12-24)21-5-4-6-22(27)25(21)11-18/h4-8,18-20,26H,9-14H2,1-3H3/p+1/t18-,19+,20-/m0/s1. The topological polar surface area (TPSA) is 55.9 Å². The third kappa shape index (κ3) is 3.87. The summed E-state index contributed by atoms with van der Waals surface area (Å²) in [5, 5.41) is 10.6. The molecule has 4 rings (SSSR count). The second-order valence-corrected chi connectivity index (χ2v) is 8.75. The van der Waals surface area contributed by atoms with E-state index in [0.29, 0.717) is 25.0 Å². The monoisotopic (exact) mass is 383 g/mol. The highest BCUT2D eigenvalue weighted by molar-refractivity contribution is 5.42. The molecule has 1 aromatic carbocycles. The van der Waals surface area contributed by atoms with Crippen molar-refractivity contribution >= 4 is 0 Å². The summed E-state index contributed by atoms with van der Waals surface area (Å²) in [7, 11) is 0. The van der Waals surface area contributed by atoms with E-state index < -0.39 is 6.10 Å². The van der Waals surface area contributed by atoms with E-state index in [1.807, 2.05) is 10.6 Å². The highest BCUT2D eigenvalue weighted by Gasteiger charge is 2.37. The van der Waals surface area contributed by atoms with E-state index in [1.54, 1.807) is 6.07 Å². The number of benzene rings is 1. The molecule has 3 heterocycles. The number of quaternary nitrogens is 1. The zero-order valence-corrected chi connectivity index (χ0v) is 17.1. The Bertz CT molecular complexity index is 897. The van der Waals surface area contributed by atoms with Crippen LogP contribution in [0.1, 0.15) is 34.7 Å². The van der Waals surface area contributed by atoms with Gasteiger partial charge in [0.25, 0.3) is 5.56 Å². The van der Waals surface area contributed by atoms with Gasteiger partial charge < -0.3 is 19.3 Å². The third-order valence-electron chi connectivity index (χ3n) is 6.22. The number of aryl methyl sites for hydroxylation is 3. The highest BCUT2D eigenvalue weighted by Crippen LogP contribution is 2.30. The molecule has 2 aromatic rings. The molecule has 1 fully saturated rings. The quantitative estimate of drug-likeness (QED) is 0.816. The lowest BCUT2D eigenvalue weighted by Gasteiger charge is -2.40. The van der Waals surface area contributed by atoms with E-state index >= 15 is 0 Å². The first kappa shape index (κ1) is 19.2. The summed E-state index contributed by atoms with van der Waals surface area (Å²) >= 11 is 0. The molecule has 0 amide bonds. The fraction of sp³-hybridized carbons (Fsp3) is 0.522. The molecule has 150 valence electrons. The normalized spacial score (nSPS) is 24.5. The molecule has 0 spiro atoms. The van der Waals surface area contributed by atoms with Crippen LogP contribution in [0, 0.1) is 26.7 Å². The predicted octanol–water partition coefficient (Wildman–Crippen LogP) is 1.22. The first-order valence-corrected chi connectivity index (χ1v) is 10.3. The first-order valence-electron chi connectivity index (χ1n) is 10.3. The minimum absolute atomic E-state index is 0.118. The van der Waals surface area contributed by atoms with Gasteiger partial charge in [-0.15, -0.1) is 0 Å². The number of fused-ring (bicyclic) bond motifs is 4.